The van der Waals surface area contributed by atoms with Gasteiger partial charge in [-0.05, 0) is 17.5 Å². The normalized spacial score (nSPS) is 11.2. The Kier molecular flexibility index (Phi) is 8.37. The number of benzene rings is 2. The number of ether oxygens (including phenoxy) is 1. The minimum atomic E-state index is -2.86. The first-order chi connectivity index (χ1) is 13.2. The minimum absolute atomic E-state index is 0. The van der Waals surface area contributed by atoms with E-state index in [9.17, 15) is 8.78 Å². The van der Waals surface area contributed by atoms with Crippen LogP contribution in [0.25, 0.3) is 10.8 Å². The van der Waals surface area contributed by atoms with Crippen LogP contribution in [0.3, 0.4) is 0 Å². The van der Waals surface area contributed by atoms with Gasteiger partial charge in [-0.25, -0.2) is 0 Å². The maximum absolute atomic E-state index is 12.5. The lowest BCUT2D eigenvalue weighted by atomic mass is 10.1. The Labute approximate surface area is 179 Å². The molecule has 1 heterocycles. The Morgan fingerprint density at radius 2 is 1.75 bits per heavy atom. The number of para-hydroxylation sites is 1. The molecule has 0 radical (unpaired) electrons. The summed E-state index contributed by atoms with van der Waals surface area (Å²) >= 11 is 0. The van der Waals surface area contributed by atoms with Gasteiger partial charge in [0.2, 0.25) is 0 Å². The van der Waals surface area contributed by atoms with Gasteiger partial charge in [0, 0.05) is 30.7 Å². The Bertz CT molecular complexity index is 931. The van der Waals surface area contributed by atoms with Gasteiger partial charge in [0.15, 0.2) is 5.96 Å². The van der Waals surface area contributed by atoms with Crippen LogP contribution in [-0.4, -0.2) is 24.6 Å². The van der Waals surface area contributed by atoms with Crippen LogP contribution in [0.5, 0.6) is 5.75 Å². The van der Waals surface area contributed by atoms with Gasteiger partial charge in [0.05, 0.1) is 12.2 Å². The van der Waals surface area contributed by atoms with E-state index in [0.717, 1.165) is 16.5 Å². The quantitative estimate of drug-likeness (QED) is 0.302. The summed E-state index contributed by atoms with van der Waals surface area (Å²) in [6, 6.07) is 16.6. The van der Waals surface area contributed by atoms with Gasteiger partial charge in [-0.1, -0.05) is 42.5 Å². The summed E-state index contributed by atoms with van der Waals surface area (Å²) in [5.41, 5.74) is 1.52. The average Bonchev–Trinajstić information content (AvgIpc) is 2.69. The highest BCUT2D eigenvalue weighted by atomic mass is 127. The van der Waals surface area contributed by atoms with E-state index in [1.807, 2.05) is 30.3 Å². The fourth-order valence-electron chi connectivity index (χ4n) is 2.75. The summed E-state index contributed by atoms with van der Waals surface area (Å²) in [5.74, 6) is 0.683. The minimum Gasteiger partial charge on any atom is -0.434 e. The molecule has 1 aromatic heterocycles. The first-order valence-electron chi connectivity index (χ1n) is 8.47. The number of pyridine rings is 1. The van der Waals surface area contributed by atoms with Crippen molar-refractivity contribution >= 4 is 40.7 Å². The Hall–Kier alpha value is -2.49. The number of aromatic nitrogens is 1. The lowest BCUT2D eigenvalue weighted by molar-refractivity contribution is -0.0504. The van der Waals surface area contributed by atoms with E-state index in [2.05, 4.69) is 25.3 Å². The number of aliphatic imine (C=N–C) groups is 1. The van der Waals surface area contributed by atoms with E-state index in [-0.39, 0.29) is 29.7 Å². The molecule has 3 rings (SSSR count). The van der Waals surface area contributed by atoms with E-state index in [0.29, 0.717) is 24.6 Å². The Balaban J connectivity index is 0.00000280. The zero-order chi connectivity index (χ0) is 19.1. The summed E-state index contributed by atoms with van der Waals surface area (Å²) < 4.78 is 29.6. The number of rotatable bonds is 6. The molecule has 0 bridgehead atoms. The van der Waals surface area contributed by atoms with Crippen molar-refractivity contribution in [3.8, 4) is 5.75 Å². The number of guanidine groups is 1. The van der Waals surface area contributed by atoms with Crippen LogP contribution in [0.2, 0.25) is 0 Å². The molecule has 8 heteroatoms. The second-order valence-corrected chi connectivity index (χ2v) is 5.74. The molecule has 0 atom stereocenters. The van der Waals surface area contributed by atoms with Crippen molar-refractivity contribution in [2.45, 2.75) is 19.7 Å². The number of nitrogens with zero attached hydrogens (tertiary/aromatic N) is 2. The molecule has 0 amide bonds. The van der Waals surface area contributed by atoms with Gasteiger partial charge in [0.1, 0.15) is 5.75 Å². The van der Waals surface area contributed by atoms with E-state index >= 15 is 0 Å². The SMILES string of the molecule is CN=C(NCc1ccccc1OC(F)F)NCc1nccc2ccccc12.I. The van der Waals surface area contributed by atoms with Crippen LogP contribution in [0, 0.1) is 0 Å². The molecular formula is C20H21F2IN4O. The van der Waals surface area contributed by atoms with E-state index in [1.165, 1.54) is 6.07 Å². The molecule has 3 aromatic rings. The number of nitrogens with one attached hydrogen (secondary N) is 2. The second kappa shape index (κ2) is 10.7. The molecular weight excluding hydrogens is 477 g/mol. The maximum atomic E-state index is 12.5. The number of alkyl halides is 2. The molecule has 0 fully saturated rings. The highest BCUT2D eigenvalue weighted by Crippen LogP contribution is 2.20. The summed E-state index contributed by atoms with van der Waals surface area (Å²) in [4.78, 5) is 8.60. The topological polar surface area (TPSA) is 58.5 Å². The molecule has 0 aliphatic carbocycles. The average molecular weight is 498 g/mol. The third-order valence-corrected chi connectivity index (χ3v) is 4.04. The van der Waals surface area contributed by atoms with Crippen LogP contribution in [0.1, 0.15) is 11.3 Å². The van der Waals surface area contributed by atoms with Crippen molar-refractivity contribution in [2.24, 2.45) is 4.99 Å². The van der Waals surface area contributed by atoms with Crippen molar-refractivity contribution in [3.05, 3.63) is 72.1 Å². The smallest absolute Gasteiger partial charge is 0.387 e. The fourth-order valence-corrected chi connectivity index (χ4v) is 2.75. The summed E-state index contributed by atoms with van der Waals surface area (Å²) in [6.45, 7) is -2.08. The molecule has 28 heavy (non-hydrogen) atoms. The first-order valence-corrected chi connectivity index (χ1v) is 8.47. The first kappa shape index (κ1) is 21.8. The highest BCUT2D eigenvalue weighted by molar-refractivity contribution is 14.0. The lowest BCUT2D eigenvalue weighted by Gasteiger charge is -2.15. The lowest BCUT2D eigenvalue weighted by Crippen LogP contribution is -2.36. The molecule has 2 aromatic carbocycles. The van der Waals surface area contributed by atoms with Crippen LogP contribution in [-0.2, 0) is 13.1 Å². The van der Waals surface area contributed by atoms with Gasteiger partial charge in [-0.2, -0.15) is 8.78 Å². The summed E-state index contributed by atoms with van der Waals surface area (Å²) in [5, 5.41) is 8.48. The zero-order valence-corrected chi connectivity index (χ0v) is 17.6. The largest absolute Gasteiger partial charge is 0.434 e. The third-order valence-electron chi connectivity index (χ3n) is 4.04. The molecule has 0 aliphatic heterocycles. The van der Waals surface area contributed by atoms with Crippen LogP contribution in [0.15, 0.2) is 65.8 Å². The molecule has 0 saturated carbocycles. The highest BCUT2D eigenvalue weighted by Gasteiger charge is 2.10. The van der Waals surface area contributed by atoms with Gasteiger partial charge in [-0.3, -0.25) is 9.98 Å². The van der Waals surface area contributed by atoms with E-state index in [4.69, 9.17) is 0 Å². The van der Waals surface area contributed by atoms with Crippen molar-refractivity contribution in [1.82, 2.24) is 15.6 Å². The molecule has 0 spiro atoms. The molecule has 5 nitrogen and oxygen atoms in total. The van der Waals surface area contributed by atoms with Crippen molar-refractivity contribution < 1.29 is 13.5 Å². The van der Waals surface area contributed by atoms with Crippen LogP contribution in [0.4, 0.5) is 8.78 Å². The summed E-state index contributed by atoms with van der Waals surface area (Å²) in [6.07, 6.45) is 1.77. The van der Waals surface area contributed by atoms with Crippen LogP contribution < -0.4 is 15.4 Å². The number of hydrogen-bond acceptors (Lipinski definition) is 3. The number of fused-ring (bicyclic) bond motifs is 1. The predicted molar refractivity (Wildman–Crippen MR) is 117 cm³/mol. The van der Waals surface area contributed by atoms with E-state index in [1.54, 1.807) is 31.4 Å². The van der Waals surface area contributed by atoms with Gasteiger partial charge in [0.25, 0.3) is 0 Å². The van der Waals surface area contributed by atoms with Gasteiger partial charge in [-0.15, -0.1) is 24.0 Å². The monoisotopic (exact) mass is 498 g/mol. The second-order valence-electron chi connectivity index (χ2n) is 5.74. The Morgan fingerprint density at radius 1 is 1.04 bits per heavy atom. The predicted octanol–water partition coefficient (Wildman–Crippen LogP) is 4.32. The van der Waals surface area contributed by atoms with E-state index < -0.39 is 6.61 Å². The van der Waals surface area contributed by atoms with Crippen molar-refractivity contribution in [2.75, 3.05) is 7.05 Å². The van der Waals surface area contributed by atoms with Gasteiger partial charge >= 0.3 is 6.61 Å². The number of hydrogen-bond donors (Lipinski definition) is 2. The molecule has 2 N–H and O–H groups in total. The zero-order valence-electron chi connectivity index (χ0n) is 15.2. The Morgan fingerprint density at radius 3 is 2.54 bits per heavy atom. The summed E-state index contributed by atoms with van der Waals surface area (Å²) in [7, 11) is 1.65. The maximum Gasteiger partial charge on any atom is 0.387 e. The molecule has 0 saturated heterocycles. The number of halogens is 3. The molecule has 148 valence electrons. The molecule has 0 unspecified atom stereocenters. The van der Waals surface area contributed by atoms with Crippen LogP contribution >= 0.6 is 24.0 Å². The van der Waals surface area contributed by atoms with Crippen molar-refractivity contribution in [3.63, 3.8) is 0 Å². The van der Waals surface area contributed by atoms with Gasteiger partial charge < -0.3 is 15.4 Å². The van der Waals surface area contributed by atoms with Crippen molar-refractivity contribution in [1.29, 1.82) is 0 Å². The standard InChI is InChI=1S/C20H20F2N4O.HI/c1-23-20(25-12-15-7-3-5-9-18(15)27-19(21)22)26-13-17-16-8-4-2-6-14(16)10-11-24-17;/h2-11,19H,12-13H2,1H3,(H2,23,25,26);1H. The third kappa shape index (κ3) is 5.75. The fraction of sp³-hybridized carbons (Fsp3) is 0.200. The molecule has 0 aliphatic rings.